The first-order chi connectivity index (χ1) is 12.1. The van der Waals surface area contributed by atoms with Gasteiger partial charge in [0.05, 0.1) is 6.54 Å². The molecule has 3 rings (SSSR count). The second-order valence-electron chi connectivity index (χ2n) is 5.79. The maximum Gasteiger partial charge on any atom is 0.322 e. The molecule has 0 spiro atoms. The fraction of sp³-hybridized carbons (Fsp3) is 0.150. The summed E-state index contributed by atoms with van der Waals surface area (Å²) in [5.74, 6) is 1.58. The Hall–Kier alpha value is -2.72. The number of urea groups is 1. The molecule has 1 N–H and O–H groups in total. The summed E-state index contributed by atoms with van der Waals surface area (Å²) in [6.07, 6.45) is 0. The number of benzene rings is 2. The third-order valence-corrected chi connectivity index (χ3v) is 3.99. The Morgan fingerprint density at radius 1 is 1.00 bits per heavy atom. The third kappa shape index (κ3) is 4.88. The van der Waals surface area contributed by atoms with E-state index in [0.29, 0.717) is 23.8 Å². The van der Waals surface area contributed by atoms with Gasteiger partial charge in [-0.1, -0.05) is 41.9 Å². The van der Waals surface area contributed by atoms with Gasteiger partial charge < -0.3 is 14.6 Å². The van der Waals surface area contributed by atoms with Gasteiger partial charge in [-0.2, -0.15) is 0 Å². The zero-order valence-electron chi connectivity index (χ0n) is 13.9. The Kier molecular flexibility index (Phi) is 5.41. The van der Waals surface area contributed by atoms with Crippen molar-refractivity contribution in [1.82, 2.24) is 4.90 Å². The number of nitrogens with zero attached hydrogens (tertiary/aromatic N) is 1. The van der Waals surface area contributed by atoms with Crippen molar-refractivity contribution in [2.45, 2.75) is 20.0 Å². The Balaban J connectivity index is 1.76. The topological polar surface area (TPSA) is 45.5 Å². The molecule has 2 aromatic carbocycles. The number of aryl methyl sites for hydroxylation is 1. The normalized spacial score (nSPS) is 10.5. The van der Waals surface area contributed by atoms with Crippen LogP contribution in [0.15, 0.2) is 71.1 Å². The van der Waals surface area contributed by atoms with E-state index in [-0.39, 0.29) is 6.03 Å². The van der Waals surface area contributed by atoms with E-state index < -0.39 is 0 Å². The van der Waals surface area contributed by atoms with Crippen LogP contribution in [0.5, 0.6) is 0 Å². The molecule has 1 heterocycles. The van der Waals surface area contributed by atoms with Crippen LogP contribution in [-0.2, 0) is 13.1 Å². The minimum atomic E-state index is -0.194. The maximum atomic E-state index is 12.8. The molecular formula is C20H19ClN2O2. The molecular weight excluding hydrogens is 336 g/mol. The standard InChI is InChI=1S/C20H19ClN2O2/c1-15-7-12-19(25-15)14-23(13-16-5-3-2-4-6-16)20(24)22-18-10-8-17(21)9-11-18/h2-12H,13-14H2,1H3,(H,22,24). The van der Waals surface area contributed by atoms with Crippen molar-refractivity contribution in [3.63, 3.8) is 0 Å². The van der Waals surface area contributed by atoms with Crippen molar-refractivity contribution < 1.29 is 9.21 Å². The predicted molar refractivity (Wildman–Crippen MR) is 99.6 cm³/mol. The van der Waals surface area contributed by atoms with Crippen molar-refractivity contribution in [2.24, 2.45) is 0 Å². The van der Waals surface area contributed by atoms with Crippen molar-refractivity contribution in [1.29, 1.82) is 0 Å². The molecule has 5 heteroatoms. The van der Waals surface area contributed by atoms with Crippen LogP contribution < -0.4 is 5.32 Å². The molecule has 128 valence electrons. The number of carbonyl (C=O) groups excluding carboxylic acids is 1. The van der Waals surface area contributed by atoms with Gasteiger partial charge in [0.25, 0.3) is 0 Å². The summed E-state index contributed by atoms with van der Waals surface area (Å²) >= 11 is 5.89. The van der Waals surface area contributed by atoms with Gasteiger partial charge in [-0.3, -0.25) is 0 Å². The molecule has 0 radical (unpaired) electrons. The lowest BCUT2D eigenvalue weighted by Gasteiger charge is -2.22. The highest BCUT2D eigenvalue weighted by molar-refractivity contribution is 6.30. The summed E-state index contributed by atoms with van der Waals surface area (Å²) in [4.78, 5) is 14.5. The number of halogens is 1. The predicted octanol–water partition coefficient (Wildman–Crippen LogP) is 5.48. The molecule has 4 nitrogen and oxygen atoms in total. The summed E-state index contributed by atoms with van der Waals surface area (Å²) < 4.78 is 5.63. The number of furan rings is 1. The summed E-state index contributed by atoms with van der Waals surface area (Å²) in [7, 11) is 0. The lowest BCUT2D eigenvalue weighted by Crippen LogP contribution is -2.33. The highest BCUT2D eigenvalue weighted by Crippen LogP contribution is 2.17. The van der Waals surface area contributed by atoms with E-state index in [0.717, 1.165) is 17.1 Å². The molecule has 25 heavy (non-hydrogen) atoms. The van der Waals surface area contributed by atoms with E-state index >= 15 is 0 Å². The molecule has 0 fully saturated rings. The number of anilines is 1. The van der Waals surface area contributed by atoms with Crippen LogP contribution in [0.3, 0.4) is 0 Å². The zero-order chi connectivity index (χ0) is 17.6. The summed E-state index contributed by atoms with van der Waals surface area (Å²) in [6.45, 7) is 2.76. The molecule has 1 aromatic heterocycles. The van der Waals surface area contributed by atoms with Gasteiger partial charge in [-0.05, 0) is 48.9 Å². The van der Waals surface area contributed by atoms with E-state index in [1.165, 1.54) is 0 Å². The van der Waals surface area contributed by atoms with Gasteiger partial charge in [0.1, 0.15) is 11.5 Å². The quantitative estimate of drug-likeness (QED) is 0.659. The van der Waals surface area contributed by atoms with Gasteiger partial charge in [0.2, 0.25) is 0 Å². The molecule has 0 unspecified atom stereocenters. The molecule has 0 aliphatic carbocycles. The fourth-order valence-corrected chi connectivity index (χ4v) is 2.62. The number of carbonyl (C=O) groups is 1. The van der Waals surface area contributed by atoms with Crippen molar-refractivity contribution in [3.05, 3.63) is 88.8 Å². The van der Waals surface area contributed by atoms with E-state index in [9.17, 15) is 4.79 Å². The Morgan fingerprint density at radius 3 is 2.36 bits per heavy atom. The van der Waals surface area contributed by atoms with Gasteiger partial charge in [-0.25, -0.2) is 4.79 Å². The molecule has 0 aliphatic heterocycles. The monoisotopic (exact) mass is 354 g/mol. The minimum absolute atomic E-state index is 0.194. The number of amides is 2. The van der Waals surface area contributed by atoms with Crippen LogP contribution in [0.2, 0.25) is 5.02 Å². The van der Waals surface area contributed by atoms with Crippen LogP contribution >= 0.6 is 11.6 Å². The largest absolute Gasteiger partial charge is 0.464 e. The average molecular weight is 355 g/mol. The Labute approximate surface area is 152 Å². The van der Waals surface area contributed by atoms with Gasteiger partial charge in [0, 0.05) is 17.3 Å². The van der Waals surface area contributed by atoms with Gasteiger partial charge in [-0.15, -0.1) is 0 Å². The van der Waals surface area contributed by atoms with E-state index in [1.807, 2.05) is 49.4 Å². The zero-order valence-corrected chi connectivity index (χ0v) is 14.7. The molecule has 0 saturated carbocycles. The van der Waals surface area contributed by atoms with Crippen LogP contribution in [0, 0.1) is 6.92 Å². The van der Waals surface area contributed by atoms with Crippen molar-refractivity contribution in [2.75, 3.05) is 5.32 Å². The summed E-state index contributed by atoms with van der Waals surface area (Å²) in [6, 6.07) is 20.5. The second-order valence-corrected chi connectivity index (χ2v) is 6.23. The van der Waals surface area contributed by atoms with E-state index in [1.54, 1.807) is 29.2 Å². The average Bonchev–Trinajstić information content (AvgIpc) is 3.02. The molecule has 0 aliphatic rings. The third-order valence-electron chi connectivity index (χ3n) is 3.74. The highest BCUT2D eigenvalue weighted by Gasteiger charge is 2.16. The van der Waals surface area contributed by atoms with Gasteiger partial charge >= 0.3 is 6.03 Å². The highest BCUT2D eigenvalue weighted by atomic mass is 35.5. The van der Waals surface area contributed by atoms with Crippen LogP contribution in [0.4, 0.5) is 10.5 Å². The first-order valence-electron chi connectivity index (χ1n) is 8.01. The summed E-state index contributed by atoms with van der Waals surface area (Å²) in [5, 5.41) is 3.53. The van der Waals surface area contributed by atoms with E-state index in [2.05, 4.69) is 5.32 Å². The van der Waals surface area contributed by atoms with Crippen molar-refractivity contribution >= 4 is 23.3 Å². The lowest BCUT2D eigenvalue weighted by atomic mass is 10.2. The number of rotatable bonds is 5. The molecule has 0 bridgehead atoms. The molecule has 2 amide bonds. The van der Waals surface area contributed by atoms with Crippen molar-refractivity contribution in [3.8, 4) is 0 Å². The number of nitrogens with one attached hydrogen (secondary N) is 1. The molecule has 0 saturated heterocycles. The summed E-state index contributed by atoms with van der Waals surface area (Å²) in [5.41, 5.74) is 1.75. The molecule has 3 aromatic rings. The minimum Gasteiger partial charge on any atom is -0.464 e. The second kappa shape index (κ2) is 7.90. The Morgan fingerprint density at radius 2 is 1.72 bits per heavy atom. The number of hydrogen-bond acceptors (Lipinski definition) is 2. The van der Waals surface area contributed by atoms with Crippen LogP contribution in [0.25, 0.3) is 0 Å². The first kappa shape index (κ1) is 17.1. The molecule has 0 atom stereocenters. The van der Waals surface area contributed by atoms with E-state index in [4.69, 9.17) is 16.0 Å². The van der Waals surface area contributed by atoms with Crippen LogP contribution in [-0.4, -0.2) is 10.9 Å². The maximum absolute atomic E-state index is 12.8. The fourth-order valence-electron chi connectivity index (χ4n) is 2.50. The SMILES string of the molecule is Cc1ccc(CN(Cc2ccccc2)C(=O)Nc2ccc(Cl)cc2)o1. The lowest BCUT2D eigenvalue weighted by molar-refractivity contribution is 0.201. The first-order valence-corrected chi connectivity index (χ1v) is 8.39. The van der Waals surface area contributed by atoms with Crippen LogP contribution in [0.1, 0.15) is 17.1 Å². The number of hydrogen-bond donors (Lipinski definition) is 1. The Bertz CT molecular complexity index is 828. The van der Waals surface area contributed by atoms with Gasteiger partial charge in [0.15, 0.2) is 0 Å². The smallest absolute Gasteiger partial charge is 0.322 e.